The summed E-state index contributed by atoms with van der Waals surface area (Å²) in [6, 6.07) is 27.2. The van der Waals surface area contributed by atoms with Crippen LogP contribution in [-0.4, -0.2) is 17.5 Å². The van der Waals surface area contributed by atoms with Crippen molar-refractivity contribution in [3.63, 3.8) is 0 Å². The number of carbonyl (C=O) groups excluding carboxylic acids is 1. The molecule has 28 heavy (non-hydrogen) atoms. The fraction of sp³-hybridized carbons (Fsp3) is 0.0833. The minimum absolute atomic E-state index is 0.0732. The first kappa shape index (κ1) is 17.7. The summed E-state index contributed by atoms with van der Waals surface area (Å²) in [5.74, 6) is 0.438. The van der Waals surface area contributed by atoms with Gasteiger partial charge >= 0.3 is 0 Å². The van der Waals surface area contributed by atoms with Crippen LogP contribution in [0.1, 0.15) is 5.56 Å². The number of aryl methyl sites for hydroxylation is 1. The van der Waals surface area contributed by atoms with Gasteiger partial charge in [0.05, 0.1) is 11.2 Å². The molecule has 0 aliphatic heterocycles. The minimum atomic E-state index is -0.205. The van der Waals surface area contributed by atoms with E-state index in [-0.39, 0.29) is 12.5 Å². The standard InChI is InChI=1S/C24H20N2O2/c1-17-11-13-18(14-12-17)22-15-23(20-9-5-6-10-21(20)26-22)28-16-24(27)25-19-7-3-2-4-8-19/h2-15H,16H2,1H3,(H,25,27). The summed E-state index contributed by atoms with van der Waals surface area (Å²) in [7, 11) is 0. The number of amides is 1. The highest BCUT2D eigenvalue weighted by Gasteiger charge is 2.11. The summed E-state index contributed by atoms with van der Waals surface area (Å²) < 4.78 is 5.89. The van der Waals surface area contributed by atoms with E-state index in [0.717, 1.165) is 27.8 Å². The van der Waals surface area contributed by atoms with Gasteiger partial charge in [-0.25, -0.2) is 4.98 Å². The Morgan fingerprint density at radius 3 is 2.43 bits per heavy atom. The summed E-state index contributed by atoms with van der Waals surface area (Å²) in [6.45, 7) is 1.98. The summed E-state index contributed by atoms with van der Waals surface area (Å²) in [5, 5.41) is 3.71. The fourth-order valence-electron chi connectivity index (χ4n) is 3.00. The number of nitrogens with zero attached hydrogens (tertiary/aromatic N) is 1. The van der Waals surface area contributed by atoms with E-state index in [9.17, 15) is 4.79 Å². The van der Waals surface area contributed by atoms with Crippen molar-refractivity contribution >= 4 is 22.5 Å². The number of anilines is 1. The number of rotatable bonds is 5. The first-order valence-electron chi connectivity index (χ1n) is 9.13. The molecule has 4 nitrogen and oxygen atoms in total. The number of carbonyl (C=O) groups is 1. The lowest BCUT2D eigenvalue weighted by Crippen LogP contribution is -2.20. The number of pyridine rings is 1. The van der Waals surface area contributed by atoms with Gasteiger partial charge in [0.15, 0.2) is 6.61 Å². The van der Waals surface area contributed by atoms with Crippen molar-refractivity contribution in [3.05, 3.63) is 90.5 Å². The van der Waals surface area contributed by atoms with Crippen LogP contribution in [0.2, 0.25) is 0 Å². The van der Waals surface area contributed by atoms with Crippen molar-refractivity contribution in [2.24, 2.45) is 0 Å². The van der Waals surface area contributed by atoms with E-state index >= 15 is 0 Å². The average molecular weight is 368 g/mol. The summed E-state index contributed by atoms with van der Waals surface area (Å²) in [4.78, 5) is 17.0. The van der Waals surface area contributed by atoms with Gasteiger partial charge in [-0.1, -0.05) is 60.2 Å². The number of benzene rings is 3. The molecular weight excluding hydrogens is 348 g/mol. The Morgan fingerprint density at radius 2 is 1.64 bits per heavy atom. The Labute approximate surface area is 163 Å². The summed E-state index contributed by atoms with van der Waals surface area (Å²) in [5.41, 5.74) is 4.60. The molecule has 0 aliphatic carbocycles. The lowest BCUT2D eigenvalue weighted by Gasteiger charge is -2.12. The highest BCUT2D eigenvalue weighted by atomic mass is 16.5. The third-order valence-corrected chi connectivity index (χ3v) is 4.44. The van der Waals surface area contributed by atoms with Gasteiger partial charge in [0.25, 0.3) is 5.91 Å². The van der Waals surface area contributed by atoms with E-state index in [2.05, 4.69) is 24.4 Å². The molecule has 0 aliphatic rings. The average Bonchev–Trinajstić information content (AvgIpc) is 2.73. The molecule has 1 amide bonds. The first-order valence-corrected chi connectivity index (χ1v) is 9.13. The van der Waals surface area contributed by atoms with Crippen LogP contribution in [0.3, 0.4) is 0 Å². The maximum Gasteiger partial charge on any atom is 0.262 e. The normalized spacial score (nSPS) is 10.6. The van der Waals surface area contributed by atoms with E-state index in [1.165, 1.54) is 5.56 Å². The maximum absolute atomic E-state index is 12.3. The van der Waals surface area contributed by atoms with Gasteiger partial charge in [-0.2, -0.15) is 0 Å². The van der Waals surface area contributed by atoms with E-state index < -0.39 is 0 Å². The Kier molecular flexibility index (Phi) is 5.02. The van der Waals surface area contributed by atoms with Crippen LogP contribution < -0.4 is 10.1 Å². The van der Waals surface area contributed by atoms with Crippen LogP contribution in [0, 0.1) is 6.92 Å². The Hall–Kier alpha value is -3.66. The Balaban J connectivity index is 1.60. The predicted molar refractivity (Wildman–Crippen MR) is 112 cm³/mol. The van der Waals surface area contributed by atoms with Crippen LogP contribution >= 0.6 is 0 Å². The number of aromatic nitrogens is 1. The smallest absolute Gasteiger partial charge is 0.262 e. The molecule has 0 spiro atoms. The molecule has 1 aromatic heterocycles. The molecule has 0 fully saturated rings. The second-order valence-electron chi connectivity index (χ2n) is 6.59. The molecule has 0 saturated heterocycles. The van der Waals surface area contributed by atoms with E-state index in [1.807, 2.05) is 72.8 Å². The molecule has 0 atom stereocenters. The molecule has 0 saturated carbocycles. The minimum Gasteiger partial charge on any atom is -0.483 e. The molecule has 0 bridgehead atoms. The molecule has 1 N–H and O–H groups in total. The lowest BCUT2D eigenvalue weighted by atomic mass is 10.1. The number of hydrogen-bond donors (Lipinski definition) is 1. The third-order valence-electron chi connectivity index (χ3n) is 4.44. The van der Waals surface area contributed by atoms with Crippen LogP contribution in [0.5, 0.6) is 5.75 Å². The lowest BCUT2D eigenvalue weighted by molar-refractivity contribution is -0.118. The van der Waals surface area contributed by atoms with Gasteiger partial charge in [0.1, 0.15) is 5.75 Å². The monoisotopic (exact) mass is 368 g/mol. The van der Waals surface area contributed by atoms with Gasteiger partial charge in [-0.05, 0) is 31.2 Å². The SMILES string of the molecule is Cc1ccc(-c2cc(OCC(=O)Nc3ccccc3)c3ccccc3n2)cc1. The van der Waals surface area contributed by atoms with Crippen LogP contribution in [0.25, 0.3) is 22.2 Å². The number of nitrogens with one attached hydrogen (secondary N) is 1. The number of fused-ring (bicyclic) bond motifs is 1. The van der Waals surface area contributed by atoms with E-state index in [0.29, 0.717) is 5.75 Å². The fourth-order valence-corrected chi connectivity index (χ4v) is 3.00. The summed E-state index contributed by atoms with van der Waals surface area (Å²) >= 11 is 0. The zero-order valence-electron chi connectivity index (χ0n) is 15.6. The first-order chi connectivity index (χ1) is 13.7. The molecule has 4 aromatic rings. The van der Waals surface area contributed by atoms with Crippen LogP contribution in [0.4, 0.5) is 5.69 Å². The van der Waals surface area contributed by atoms with E-state index in [1.54, 1.807) is 0 Å². The topological polar surface area (TPSA) is 51.2 Å². The number of para-hydroxylation sites is 2. The molecule has 1 heterocycles. The number of ether oxygens (including phenoxy) is 1. The largest absolute Gasteiger partial charge is 0.483 e. The van der Waals surface area contributed by atoms with Crippen molar-refractivity contribution in [1.82, 2.24) is 4.98 Å². The van der Waals surface area contributed by atoms with Crippen molar-refractivity contribution in [1.29, 1.82) is 0 Å². The molecule has 3 aromatic carbocycles. The van der Waals surface area contributed by atoms with Crippen molar-refractivity contribution in [2.75, 3.05) is 11.9 Å². The van der Waals surface area contributed by atoms with Gasteiger partial charge in [-0.15, -0.1) is 0 Å². The van der Waals surface area contributed by atoms with Crippen molar-refractivity contribution in [2.45, 2.75) is 6.92 Å². The zero-order chi connectivity index (χ0) is 19.3. The second kappa shape index (κ2) is 7.92. The predicted octanol–water partition coefficient (Wildman–Crippen LogP) is 5.23. The molecule has 4 rings (SSSR count). The van der Waals surface area contributed by atoms with Crippen LogP contribution in [-0.2, 0) is 4.79 Å². The Morgan fingerprint density at radius 1 is 0.929 bits per heavy atom. The van der Waals surface area contributed by atoms with Gasteiger partial charge in [0, 0.05) is 22.7 Å². The molecule has 138 valence electrons. The molecule has 4 heteroatoms. The van der Waals surface area contributed by atoms with Crippen molar-refractivity contribution in [3.8, 4) is 17.0 Å². The maximum atomic E-state index is 12.3. The highest BCUT2D eigenvalue weighted by Crippen LogP contribution is 2.30. The zero-order valence-corrected chi connectivity index (χ0v) is 15.6. The van der Waals surface area contributed by atoms with E-state index in [4.69, 9.17) is 9.72 Å². The van der Waals surface area contributed by atoms with Gasteiger partial charge in [0.2, 0.25) is 0 Å². The molecule has 0 unspecified atom stereocenters. The third kappa shape index (κ3) is 4.01. The highest BCUT2D eigenvalue weighted by molar-refractivity contribution is 5.93. The molecular formula is C24H20N2O2. The van der Waals surface area contributed by atoms with Gasteiger partial charge in [-0.3, -0.25) is 4.79 Å². The van der Waals surface area contributed by atoms with Crippen LogP contribution in [0.15, 0.2) is 84.9 Å². The van der Waals surface area contributed by atoms with Crippen molar-refractivity contribution < 1.29 is 9.53 Å². The second-order valence-corrected chi connectivity index (χ2v) is 6.59. The quantitative estimate of drug-likeness (QED) is 0.525. The van der Waals surface area contributed by atoms with Gasteiger partial charge < -0.3 is 10.1 Å². The molecule has 0 radical (unpaired) electrons. The Bertz CT molecular complexity index is 1110. The summed E-state index contributed by atoms with van der Waals surface area (Å²) in [6.07, 6.45) is 0. The number of hydrogen-bond acceptors (Lipinski definition) is 3.